The molecule has 0 fully saturated rings. The van der Waals surface area contributed by atoms with Crippen molar-refractivity contribution in [1.82, 2.24) is 0 Å². The number of Topliss-reactive ketones (excluding diaryl/α,β-unsaturated/α-hetero) is 1. The molecule has 25 heavy (non-hydrogen) atoms. The van der Waals surface area contributed by atoms with Crippen molar-refractivity contribution in [1.29, 1.82) is 0 Å². The number of hydrogen-bond donors (Lipinski definition) is 0. The van der Waals surface area contributed by atoms with E-state index in [1.165, 1.54) is 4.90 Å². The number of fused-ring (bicyclic) bond motifs is 1. The lowest BCUT2D eigenvalue weighted by Gasteiger charge is -2.18. The Morgan fingerprint density at radius 3 is 2.60 bits per heavy atom. The number of halogens is 1. The van der Waals surface area contributed by atoms with E-state index in [1.54, 1.807) is 19.2 Å². The van der Waals surface area contributed by atoms with Crippen molar-refractivity contribution in [3.05, 3.63) is 52.0 Å². The van der Waals surface area contributed by atoms with Gasteiger partial charge >= 0.3 is 0 Å². The highest BCUT2D eigenvalue weighted by molar-refractivity contribution is 9.10. The van der Waals surface area contributed by atoms with Gasteiger partial charge in [0.2, 0.25) is 0 Å². The van der Waals surface area contributed by atoms with Crippen molar-refractivity contribution < 1.29 is 19.1 Å². The van der Waals surface area contributed by atoms with Gasteiger partial charge in [-0.05, 0) is 42.3 Å². The van der Waals surface area contributed by atoms with Crippen molar-refractivity contribution in [2.45, 2.75) is 19.9 Å². The monoisotopic (exact) mass is 403 g/mol. The van der Waals surface area contributed by atoms with Crippen LogP contribution in [0.3, 0.4) is 0 Å². The van der Waals surface area contributed by atoms with Gasteiger partial charge in [-0.25, -0.2) is 0 Å². The maximum absolute atomic E-state index is 12.3. The van der Waals surface area contributed by atoms with Gasteiger partial charge in [0.25, 0.3) is 11.7 Å². The third-order valence-corrected chi connectivity index (χ3v) is 4.46. The standard InChI is InChI=1S/C19H18BrNO4/c1-3-8-25-16-7-4-12(9-17(16)24-2)11-21-15-6-5-13(20)10-14(15)18(22)19(21)23/h4-7,9-10H,3,8,11H2,1-2H3. The third-order valence-electron chi connectivity index (χ3n) is 3.96. The highest BCUT2D eigenvalue weighted by atomic mass is 79.9. The van der Waals surface area contributed by atoms with E-state index in [0.29, 0.717) is 35.9 Å². The molecule has 0 aliphatic carbocycles. The van der Waals surface area contributed by atoms with Gasteiger partial charge in [-0.1, -0.05) is 28.9 Å². The molecule has 2 aromatic rings. The quantitative estimate of drug-likeness (QED) is 0.684. The second kappa shape index (κ2) is 7.27. The summed E-state index contributed by atoms with van der Waals surface area (Å²) in [5.74, 6) is 0.283. The first-order chi connectivity index (χ1) is 12.0. The lowest BCUT2D eigenvalue weighted by Crippen LogP contribution is -2.29. The fourth-order valence-corrected chi connectivity index (χ4v) is 3.11. The summed E-state index contributed by atoms with van der Waals surface area (Å²) in [4.78, 5) is 26.0. The predicted octanol–water partition coefficient (Wildman–Crippen LogP) is 3.98. The van der Waals surface area contributed by atoms with E-state index in [4.69, 9.17) is 9.47 Å². The summed E-state index contributed by atoms with van der Waals surface area (Å²) >= 11 is 3.33. The van der Waals surface area contributed by atoms with E-state index < -0.39 is 11.7 Å². The summed E-state index contributed by atoms with van der Waals surface area (Å²) in [5.41, 5.74) is 1.91. The molecule has 3 rings (SSSR count). The number of methoxy groups -OCH3 is 1. The van der Waals surface area contributed by atoms with Crippen LogP contribution in [0.4, 0.5) is 5.69 Å². The Morgan fingerprint density at radius 1 is 1.08 bits per heavy atom. The molecular formula is C19H18BrNO4. The molecule has 0 aromatic heterocycles. The molecule has 0 unspecified atom stereocenters. The molecule has 0 saturated heterocycles. The predicted molar refractivity (Wildman–Crippen MR) is 98.4 cm³/mol. The summed E-state index contributed by atoms with van der Waals surface area (Å²) in [7, 11) is 1.58. The number of nitrogens with zero attached hydrogens (tertiary/aromatic N) is 1. The molecule has 0 bridgehead atoms. The normalized spacial score (nSPS) is 13.2. The number of hydrogen-bond acceptors (Lipinski definition) is 4. The molecule has 6 heteroatoms. The summed E-state index contributed by atoms with van der Waals surface area (Å²) in [6, 6.07) is 10.8. The highest BCUT2D eigenvalue weighted by Crippen LogP contribution is 2.34. The number of anilines is 1. The van der Waals surface area contributed by atoms with E-state index in [-0.39, 0.29) is 0 Å². The van der Waals surface area contributed by atoms with Crippen LogP contribution in [-0.2, 0) is 11.3 Å². The van der Waals surface area contributed by atoms with Crippen LogP contribution in [0.25, 0.3) is 0 Å². The van der Waals surface area contributed by atoms with Crippen molar-refractivity contribution in [3.63, 3.8) is 0 Å². The topological polar surface area (TPSA) is 55.8 Å². The van der Waals surface area contributed by atoms with Crippen LogP contribution >= 0.6 is 15.9 Å². The van der Waals surface area contributed by atoms with Gasteiger partial charge in [0, 0.05) is 4.47 Å². The van der Waals surface area contributed by atoms with Crippen LogP contribution in [0.1, 0.15) is 29.3 Å². The average Bonchev–Trinajstić information content (AvgIpc) is 2.85. The summed E-state index contributed by atoms with van der Waals surface area (Å²) in [6.07, 6.45) is 0.904. The Balaban J connectivity index is 1.88. The minimum absolute atomic E-state index is 0.295. The van der Waals surface area contributed by atoms with Gasteiger partial charge in [-0.15, -0.1) is 0 Å². The SMILES string of the molecule is CCCOc1ccc(CN2C(=O)C(=O)c3cc(Br)ccc32)cc1OC. The largest absolute Gasteiger partial charge is 0.493 e. The van der Waals surface area contributed by atoms with E-state index >= 15 is 0 Å². The van der Waals surface area contributed by atoms with Gasteiger partial charge < -0.3 is 14.4 Å². The maximum Gasteiger partial charge on any atom is 0.299 e. The molecule has 0 atom stereocenters. The summed E-state index contributed by atoms with van der Waals surface area (Å²) in [6.45, 7) is 2.94. The first-order valence-electron chi connectivity index (χ1n) is 8.00. The second-order valence-corrected chi connectivity index (χ2v) is 6.63. The number of amides is 1. The highest BCUT2D eigenvalue weighted by Gasteiger charge is 2.35. The van der Waals surface area contributed by atoms with Crippen LogP contribution in [0.2, 0.25) is 0 Å². The lowest BCUT2D eigenvalue weighted by molar-refractivity contribution is -0.114. The molecule has 1 amide bonds. The third kappa shape index (κ3) is 3.39. The first kappa shape index (κ1) is 17.5. The molecule has 0 spiro atoms. The van der Waals surface area contributed by atoms with E-state index in [0.717, 1.165) is 16.5 Å². The number of benzene rings is 2. The van der Waals surface area contributed by atoms with Crippen molar-refractivity contribution in [3.8, 4) is 11.5 Å². The van der Waals surface area contributed by atoms with E-state index in [1.807, 2.05) is 31.2 Å². The molecule has 0 saturated carbocycles. The van der Waals surface area contributed by atoms with Crippen LogP contribution in [-0.4, -0.2) is 25.4 Å². The fraction of sp³-hybridized carbons (Fsp3) is 0.263. The number of carbonyl (C=O) groups excluding carboxylic acids is 2. The van der Waals surface area contributed by atoms with Gasteiger partial charge in [0.05, 0.1) is 31.5 Å². The molecule has 5 nitrogen and oxygen atoms in total. The number of carbonyl (C=O) groups is 2. The molecule has 1 aliphatic heterocycles. The molecule has 0 N–H and O–H groups in total. The Hall–Kier alpha value is -2.34. The average molecular weight is 404 g/mol. The number of rotatable bonds is 6. The molecule has 1 heterocycles. The smallest absolute Gasteiger partial charge is 0.299 e. The fourth-order valence-electron chi connectivity index (χ4n) is 2.75. The number of ether oxygens (including phenoxy) is 2. The maximum atomic E-state index is 12.3. The van der Waals surface area contributed by atoms with Gasteiger partial charge in [0.15, 0.2) is 11.5 Å². The summed E-state index contributed by atoms with van der Waals surface area (Å²) < 4.78 is 11.8. The first-order valence-corrected chi connectivity index (χ1v) is 8.80. The summed E-state index contributed by atoms with van der Waals surface area (Å²) in [5, 5.41) is 0. The van der Waals surface area contributed by atoms with Crippen molar-refractivity contribution >= 4 is 33.3 Å². The molecule has 0 radical (unpaired) electrons. The Bertz CT molecular complexity index is 834. The lowest BCUT2D eigenvalue weighted by atomic mass is 10.1. The molecule has 1 aliphatic rings. The molecule has 130 valence electrons. The van der Waals surface area contributed by atoms with Crippen molar-refractivity contribution in [2.75, 3.05) is 18.6 Å². The van der Waals surface area contributed by atoms with E-state index in [2.05, 4.69) is 15.9 Å². The van der Waals surface area contributed by atoms with Crippen LogP contribution in [0.5, 0.6) is 11.5 Å². The zero-order valence-electron chi connectivity index (χ0n) is 14.0. The Kier molecular flexibility index (Phi) is 5.08. The minimum atomic E-state index is -0.515. The molecule has 2 aromatic carbocycles. The number of ketones is 1. The minimum Gasteiger partial charge on any atom is -0.493 e. The van der Waals surface area contributed by atoms with E-state index in [9.17, 15) is 9.59 Å². The Morgan fingerprint density at radius 2 is 1.88 bits per heavy atom. The Labute approximate surface area is 154 Å². The zero-order chi connectivity index (χ0) is 18.0. The van der Waals surface area contributed by atoms with Crippen molar-refractivity contribution in [2.24, 2.45) is 0 Å². The van der Waals surface area contributed by atoms with Crippen LogP contribution in [0, 0.1) is 0 Å². The second-order valence-electron chi connectivity index (χ2n) is 5.72. The van der Waals surface area contributed by atoms with Crippen LogP contribution < -0.4 is 14.4 Å². The van der Waals surface area contributed by atoms with Gasteiger partial charge in [-0.3, -0.25) is 9.59 Å². The van der Waals surface area contributed by atoms with Gasteiger partial charge in [-0.2, -0.15) is 0 Å². The molecular weight excluding hydrogens is 386 g/mol. The zero-order valence-corrected chi connectivity index (χ0v) is 15.6. The van der Waals surface area contributed by atoms with Crippen LogP contribution in [0.15, 0.2) is 40.9 Å². The van der Waals surface area contributed by atoms with Gasteiger partial charge in [0.1, 0.15) is 0 Å².